The van der Waals surface area contributed by atoms with Gasteiger partial charge in [-0.25, -0.2) is 0 Å². The minimum atomic E-state index is -2.09. The summed E-state index contributed by atoms with van der Waals surface area (Å²) in [5.41, 5.74) is 0. The molecule has 0 fully saturated rings. The van der Waals surface area contributed by atoms with Gasteiger partial charge in [0.15, 0.2) is 0 Å². The van der Waals surface area contributed by atoms with Crippen molar-refractivity contribution in [3.05, 3.63) is 0 Å². The molecule has 17 heavy (non-hydrogen) atoms. The van der Waals surface area contributed by atoms with E-state index in [1.807, 2.05) is 6.92 Å². The molecule has 1 nitrogen and oxygen atoms in total. The van der Waals surface area contributed by atoms with Gasteiger partial charge in [0.1, 0.15) is 0 Å². The Bertz CT molecular complexity index is 179. The van der Waals surface area contributed by atoms with Gasteiger partial charge in [0.2, 0.25) is 0 Å². The molecule has 2 heteroatoms. The Morgan fingerprint density at radius 2 is 1.18 bits per heavy atom. The van der Waals surface area contributed by atoms with Gasteiger partial charge in [0.05, 0.1) is 0 Å². The first kappa shape index (κ1) is 17.5. The zero-order valence-electron chi connectivity index (χ0n) is 12.5. The van der Waals surface area contributed by atoms with Crippen LogP contribution in [0, 0.1) is 0 Å². The number of hydrogen-bond donors (Lipinski definition) is 0. The summed E-state index contributed by atoms with van der Waals surface area (Å²) in [6.45, 7) is 8.66. The van der Waals surface area contributed by atoms with Crippen LogP contribution in [-0.2, 0) is 4.79 Å². The maximum atomic E-state index is 11.6. The van der Waals surface area contributed by atoms with Crippen molar-refractivity contribution in [3.63, 3.8) is 0 Å². The molecule has 0 aromatic carbocycles. The van der Waals surface area contributed by atoms with E-state index in [1.54, 1.807) is 0 Å². The molecule has 0 radical (unpaired) electrons. The van der Waals surface area contributed by atoms with Crippen molar-refractivity contribution in [2.45, 2.75) is 84.0 Å². The van der Waals surface area contributed by atoms with E-state index >= 15 is 0 Å². The topological polar surface area (TPSA) is 17.1 Å². The van der Waals surface area contributed by atoms with Crippen molar-refractivity contribution in [2.24, 2.45) is 0 Å². The molecule has 0 aliphatic heterocycles. The van der Waals surface area contributed by atoms with Crippen molar-refractivity contribution in [2.75, 3.05) is 0 Å². The van der Waals surface area contributed by atoms with Crippen molar-refractivity contribution >= 4 is 24.2 Å². The van der Waals surface area contributed by atoms with Crippen LogP contribution in [0.3, 0.4) is 0 Å². The first-order valence-electron chi connectivity index (χ1n) is 7.59. The van der Waals surface area contributed by atoms with Crippen LogP contribution in [-0.4, -0.2) is 24.2 Å². The average Bonchev–Trinajstić information content (AvgIpc) is 2.30. The summed E-state index contributed by atoms with van der Waals surface area (Å²) in [5.74, 6) is 0.476. The quantitative estimate of drug-likeness (QED) is 0.456. The van der Waals surface area contributed by atoms with Gasteiger partial charge in [-0.1, -0.05) is 0 Å². The molecule has 0 aromatic rings. The van der Waals surface area contributed by atoms with E-state index in [0.717, 1.165) is 4.44 Å². The van der Waals surface area contributed by atoms with E-state index in [0.29, 0.717) is 5.78 Å². The summed E-state index contributed by atoms with van der Waals surface area (Å²) < 4.78 is 5.41. The molecule has 0 rings (SSSR count). The molecule has 0 spiro atoms. The Morgan fingerprint density at radius 1 is 0.824 bits per heavy atom. The van der Waals surface area contributed by atoms with Crippen LogP contribution in [0.15, 0.2) is 0 Å². The Kier molecular flexibility index (Phi) is 10.7. The number of Topliss-reactive ketones (excluding diaryl/α,β-unsaturated/α-hetero) is 1. The molecule has 0 bridgehead atoms. The Labute approximate surface area is 113 Å². The third-order valence-electron chi connectivity index (χ3n) is 3.81. The summed E-state index contributed by atoms with van der Waals surface area (Å²) in [6.07, 6.45) is 8.02. The molecule has 0 aliphatic rings. The van der Waals surface area contributed by atoms with Crippen molar-refractivity contribution in [3.8, 4) is 0 Å². The molecule has 0 aromatic heterocycles. The normalized spacial score (nSPS) is 11.8. The van der Waals surface area contributed by atoms with Gasteiger partial charge >= 0.3 is 113 Å². The van der Waals surface area contributed by atoms with E-state index in [1.165, 1.54) is 51.8 Å². The fraction of sp³-hybridized carbons (Fsp3) is 0.933. The molecule has 0 heterocycles. The molecular formula is C15H32OSn. The predicted molar refractivity (Wildman–Crippen MR) is 80.4 cm³/mol. The van der Waals surface area contributed by atoms with Gasteiger partial charge in [0, 0.05) is 0 Å². The third kappa shape index (κ3) is 8.23. The standard InChI is InChI=1S/3C4H9.C3H5O.Sn/c3*1-3-4-2;1-3(2)4;/h3*1,3-4H2,2H3;1H2,2H3;. The van der Waals surface area contributed by atoms with E-state index in [2.05, 4.69) is 20.8 Å². The second kappa shape index (κ2) is 10.4. The number of ketones is 1. The SMILES string of the molecule is CCC[CH2][Sn]([CH2]CCC)([CH2]CCC)[CH2]C(C)=O. The Morgan fingerprint density at radius 3 is 1.41 bits per heavy atom. The van der Waals surface area contributed by atoms with E-state index in [-0.39, 0.29) is 0 Å². The number of hydrogen-bond acceptors (Lipinski definition) is 1. The van der Waals surface area contributed by atoms with Crippen LogP contribution in [0.4, 0.5) is 0 Å². The first-order valence-corrected chi connectivity index (χ1v) is 15.7. The number of carbonyl (C=O) groups is 1. The molecular weight excluding hydrogens is 315 g/mol. The van der Waals surface area contributed by atoms with Crippen molar-refractivity contribution < 1.29 is 4.79 Å². The van der Waals surface area contributed by atoms with Gasteiger partial charge in [-0.3, -0.25) is 0 Å². The van der Waals surface area contributed by atoms with Crippen LogP contribution in [0.5, 0.6) is 0 Å². The summed E-state index contributed by atoms with van der Waals surface area (Å²) in [4.78, 5) is 11.6. The van der Waals surface area contributed by atoms with Crippen LogP contribution in [0.25, 0.3) is 0 Å². The van der Waals surface area contributed by atoms with Gasteiger partial charge < -0.3 is 0 Å². The fourth-order valence-electron chi connectivity index (χ4n) is 2.82. The van der Waals surface area contributed by atoms with Crippen LogP contribution >= 0.6 is 0 Å². The minimum absolute atomic E-state index is 0.476. The zero-order chi connectivity index (χ0) is 13.1. The molecule has 0 N–H and O–H groups in total. The molecule has 0 saturated carbocycles. The van der Waals surface area contributed by atoms with Gasteiger partial charge in [0.25, 0.3) is 0 Å². The summed E-state index contributed by atoms with van der Waals surface area (Å²) in [5, 5.41) is 0. The van der Waals surface area contributed by atoms with Crippen molar-refractivity contribution in [1.82, 2.24) is 0 Å². The van der Waals surface area contributed by atoms with Crippen LogP contribution in [0.1, 0.15) is 66.2 Å². The number of unbranched alkanes of at least 4 members (excludes halogenated alkanes) is 3. The Balaban J connectivity index is 4.56. The monoisotopic (exact) mass is 348 g/mol. The van der Waals surface area contributed by atoms with Crippen molar-refractivity contribution in [1.29, 1.82) is 0 Å². The van der Waals surface area contributed by atoms with Crippen LogP contribution < -0.4 is 0 Å². The van der Waals surface area contributed by atoms with Crippen LogP contribution in [0.2, 0.25) is 17.7 Å². The van der Waals surface area contributed by atoms with E-state index in [4.69, 9.17) is 0 Å². The molecule has 0 saturated heterocycles. The molecule has 102 valence electrons. The second-order valence-electron chi connectivity index (χ2n) is 5.69. The molecule has 0 aliphatic carbocycles. The maximum absolute atomic E-state index is 11.6. The number of carbonyl (C=O) groups excluding carboxylic acids is 1. The molecule has 0 unspecified atom stereocenters. The Hall–Kier alpha value is 0.469. The second-order valence-corrected chi connectivity index (χ2v) is 19.5. The first-order chi connectivity index (χ1) is 8.10. The zero-order valence-corrected chi connectivity index (χ0v) is 15.3. The van der Waals surface area contributed by atoms with Gasteiger partial charge in [-0.15, -0.1) is 0 Å². The van der Waals surface area contributed by atoms with Gasteiger partial charge in [-0.05, 0) is 0 Å². The summed E-state index contributed by atoms with van der Waals surface area (Å²) >= 11 is -2.09. The summed E-state index contributed by atoms with van der Waals surface area (Å²) in [6, 6.07) is 0. The average molecular weight is 347 g/mol. The predicted octanol–water partition coefficient (Wildman–Crippen LogP) is 5.42. The summed E-state index contributed by atoms with van der Waals surface area (Å²) in [7, 11) is 0. The van der Waals surface area contributed by atoms with E-state index in [9.17, 15) is 4.79 Å². The van der Waals surface area contributed by atoms with Gasteiger partial charge in [-0.2, -0.15) is 0 Å². The fourth-order valence-corrected chi connectivity index (χ4v) is 18.9. The number of rotatable bonds is 11. The molecule has 0 amide bonds. The molecule has 0 atom stereocenters. The third-order valence-corrected chi connectivity index (χ3v) is 19.5. The van der Waals surface area contributed by atoms with E-state index < -0.39 is 18.4 Å².